The van der Waals surface area contributed by atoms with Crippen molar-refractivity contribution in [3.63, 3.8) is 0 Å². The molecule has 1 N–H and O–H groups in total. The maximum atomic E-state index is 13.5. The van der Waals surface area contributed by atoms with E-state index in [1.54, 1.807) is 37.4 Å². The second kappa shape index (κ2) is 9.79. The van der Waals surface area contributed by atoms with Gasteiger partial charge >= 0.3 is 0 Å². The van der Waals surface area contributed by atoms with Crippen LogP contribution in [0.25, 0.3) is 5.57 Å². The van der Waals surface area contributed by atoms with Crippen LogP contribution in [0.15, 0.2) is 72.4 Å². The molecule has 1 aliphatic heterocycles. The molecular weight excluding hydrogens is 435 g/mol. The zero-order valence-electron chi connectivity index (χ0n) is 19.2. The van der Waals surface area contributed by atoms with Gasteiger partial charge in [-0.05, 0) is 48.7 Å². The van der Waals surface area contributed by atoms with Crippen LogP contribution in [0, 0.1) is 12.7 Å². The van der Waals surface area contributed by atoms with Gasteiger partial charge in [0.05, 0.1) is 25.5 Å². The number of rotatable bonds is 8. The Balaban J connectivity index is 1.70. The Labute approximate surface area is 197 Å². The number of hydrogen-bond acceptors (Lipinski definition) is 5. The second-order valence-electron chi connectivity index (χ2n) is 7.95. The molecule has 0 aliphatic carbocycles. The topological polar surface area (TPSA) is 67.9 Å². The molecule has 6 nitrogen and oxygen atoms in total. The van der Waals surface area contributed by atoms with E-state index < -0.39 is 5.91 Å². The maximum Gasteiger partial charge on any atom is 0.278 e. The van der Waals surface area contributed by atoms with Crippen LogP contribution in [0.5, 0.6) is 11.5 Å². The molecule has 0 spiro atoms. The van der Waals surface area contributed by atoms with E-state index in [1.807, 2.05) is 31.2 Å². The van der Waals surface area contributed by atoms with Gasteiger partial charge in [-0.1, -0.05) is 42.0 Å². The molecule has 0 aromatic heterocycles. The van der Waals surface area contributed by atoms with Crippen molar-refractivity contribution in [3.8, 4) is 11.5 Å². The molecule has 2 amide bonds. The van der Waals surface area contributed by atoms with Crippen molar-refractivity contribution in [1.29, 1.82) is 0 Å². The largest absolute Gasteiger partial charge is 0.497 e. The van der Waals surface area contributed by atoms with Gasteiger partial charge in [0.25, 0.3) is 11.8 Å². The molecule has 0 saturated carbocycles. The minimum absolute atomic E-state index is 0.166. The van der Waals surface area contributed by atoms with E-state index >= 15 is 0 Å². The molecule has 1 aliphatic rings. The monoisotopic (exact) mass is 460 g/mol. The smallest absolute Gasteiger partial charge is 0.278 e. The highest BCUT2D eigenvalue weighted by atomic mass is 19.1. The lowest BCUT2D eigenvalue weighted by Crippen LogP contribution is -2.34. The maximum absolute atomic E-state index is 13.5. The summed E-state index contributed by atoms with van der Waals surface area (Å²) in [4.78, 5) is 28.1. The van der Waals surface area contributed by atoms with Crippen molar-refractivity contribution in [2.75, 3.05) is 26.1 Å². The summed E-state index contributed by atoms with van der Waals surface area (Å²) in [7, 11) is 3.07. The van der Waals surface area contributed by atoms with Gasteiger partial charge in [-0.3, -0.25) is 14.5 Å². The van der Waals surface area contributed by atoms with Crippen LogP contribution in [0.2, 0.25) is 0 Å². The van der Waals surface area contributed by atoms with Gasteiger partial charge in [0.1, 0.15) is 23.0 Å². The quantitative estimate of drug-likeness (QED) is 0.498. The van der Waals surface area contributed by atoms with E-state index in [9.17, 15) is 14.0 Å². The summed E-state index contributed by atoms with van der Waals surface area (Å²) in [6.45, 7) is 2.12. The highest BCUT2D eigenvalue weighted by Gasteiger charge is 2.39. The summed E-state index contributed by atoms with van der Waals surface area (Å²) < 4.78 is 24.0. The molecule has 7 heteroatoms. The summed E-state index contributed by atoms with van der Waals surface area (Å²) in [5, 5.41) is 3.13. The summed E-state index contributed by atoms with van der Waals surface area (Å²) in [5.74, 6) is -0.0840. The van der Waals surface area contributed by atoms with Crippen molar-refractivity contribution in [2.24, 2.45) is 0 Å². The number of amides is 2. The molecule has 0 fully saturated rings. The summed E-state index contributed by atoms with van der Waals surface area (Å²) in [6.07, 6.45) is 0.411. The van der Waals surface area contributed by atoms with Crippen molar-refractivity contribution >= 4 is 23.1 Å². The second-order valence-corrected chi connectivity index (χ2v) is 7.95. The third-order valence-corrected chi connectivity index (χ3v) is 5.71. The third-order valence-electron chi connectivity index (χ3n) is 5.71. The average molecular weight is 461 g/mol. The first-order valence-corrected chi connectivity index (χ1v) is 10.8. The van der Waals surface area contributed by atoms with Crippen LogP contribution in [-0.2, 0) is 16.0 Å². The van der Waals surface area contributed by atoms with E-state index in [2.05, 4.69) is 5.32 Å². The lowest BCUT2D eigenvalue weighted by Gasteiger charge is -2.16. The van der Waals surface area contributed by atoms with Crippen LogP contribution in [0.1, 0.15) is 16.7 Å². The number of anilines is 1. The molecule has 1 heterocycles. The number of ether oxygens (including phenoxy) is 2. The fraction of sp³-hybridized carbons (Fsp3) is 0.185. The minimum Gasteiger partial charge on any atom is -0.497 e. The first kappa shape index (κ1) is 23.0. The molecule has 34 heavy (non-hydrogen) atoms. The van der Waals surface area contributed by atoms with E-state index in [1.165, 1.54) is 24.1 Å². The lowest BCUT2D eigenvalue weighted by molar-refractivity contribution is -0.136. The van der Waals surface area contributed by atoms with Gasteiger partial charge < -0.3 is 14.8 Å². The molecule has 0 atom stereocenters. The molecule has 3 aromatic rings. The zero-order chi connectivity index (χ0) is 24.2. The van der Waals surface area contributed by atoms with Gasteiger partial charge in [0.2, 0.25) is 0 Å². The lowest BCUT2D eigenvalue weighted by atomic mass is 10.0. The number of carbonyl (C=O) groups is 2. The van der Waals surface area contributed by atoms with Gasteiger partial charge in [-0.25, -0.2) is 4.39 Å². The Morgan fingerprint density at radius 2 is 1.59 bits per heavy atom. The Hall–Kier alpha value is -4.13. The molecule has 4 rings (SSSR count). The predicted octanol–water partition coefficient (Wildman–Crippen LogP) is 4.59. The number of imide groups is 1. The standard InChI is InChI=1S/C27H25FN2O4/c1-17-4-8-19(9-5-17)24-25(29-22-16-21(33-2)12-13-23(22)34-3)27(32)30(26(24)31)15-14-18-6-10-20(28)11-7-18/h4-13,16,29H,14-15H2,1-3H3. The Bertz CT molecular complexity index is 1250. The first-order valence-electron chi connectivity index (χ1n) is 10.8. The molecule has 3 aromatic carbocycles. The number of aryl methyl sites for hydroxylation is 1. The van der Waals surface area contributed by atoms with Crippen LogP contribution in [0.4, 0.5) is 10.1 Å². The van der Waals surface area contributed by atoms with E-state index in [4.69, 9.17) is 9.47 Å². The van der Waals surface area contributed by atoms with Crippen molar-refractivity contribution < 1.29 is 23.5 Å². The number of methoxy groups -OCH3 is 2. The minimum atomic E-state index is -0.437. The van der Waals surface area contributed by atoms with Gasteiger partial charge in [-0.2, -0.15) is 0 Å². The van der Waals surface area contributed by atoms with Crippen LogP contribution >= 0.6 is 0 Å². The average Bonchev–Trinajstić information content (AvgIpc) is 3.08. The summed E-state index contributed by atoms with van der Waals surface area (Å²) >= 11 is 0. The Kier molecular flexibility index (Phi) is 6.63. The fourth-order valence-electron chi connectivity index (χ4n) is 3.82. The number of carbonyl (C=O) groups excluding carboxylic acids is 2. The van der Waals surface area contributed by atoms with Crippen molar-refractivity contribution in [2.45, 2.75) is 13.3 Å². The normalized spacial score (nSPS) is 13.5. The summed E-state index contributed by atoms with van der Waals surface area (Å²) in [6, 6.07) is 18.6. The third kappa shape index (κ3) is 4.64. The number of halogens is 1. The van der Waals surface area contributed by atoms with Crippen molar-refractivity contribution in [3.05, 3.63) is 94.9 Å². The number of nitrogens with zero attached hydrogens (tertiary/aromatic N) is 1. The number of benzene rings is 3. The van der Waals surface area contributed by atoms with Crippen molar-refractivity contribution in [1.82, 2.24) is 4.90 Å². The fourth-order valence-corrected chi connectivity index (χ4v) is 3.82. The number of nitrogens with one attached hydrogen (secondary N) is 1. The molecule has 0 saturated heterocycles. The summed E-state index contributed by atoms with van der Waals surface area (Å²) in [5.41, 5.74) is 3.46. The molecule has 0 radical (unpaired) electrons. The van der Waals surface area contributed by atoms with Crippen LogP contribution in [0.3, 0.4) is 0 Å². The molecule has 0 bridgehead atoms. The van der Waals surface area contributed by atoms with Gasteiger partial charge in [-0.15, -0.1) is 0 Å². The van der Waals surface area contributed by atoms with E-state index in [0.29, 0.717) is 29.2 Å². The van der Waals surface area contributed by atoms with Gasteiger partial charge in [0, 0.05) is 12.6 Å². The SMILES string of the molecule is COc1ccc(OC)c(NC2=C(c3ccc(C)cc3)C(=O)N(CCc3ccc(F)cc3)C2=O)c1. The molecule has 0 unspecified atom stereocenters. The van der Waals surface area contributed by atoms with Crippen LogP contribution < -0.4 is 14.8 Å². The highest BCUT2D eigenvalue weighted by molar-refractivity contribution is 6.36. The Morgan fingerprint density at radius 3 is 2.24 bits per heavy atom. The molecule has 174 valence electrons. The zero-order valence-corrected chi connectivity index (χ0v) is 19.2. The predicted molar refractivity (Wildman–Crippen MR) is 128 cm³/mol. The Morgan fingerprint density at radius 1 is 0.882 bits per heavy atom. The molecular formula is C27H25FN2O4. The van der Waals surface area contributed by atoms with E-state index in [-0.39, 0.29) is 29.5 Å². The first-order chi connectivity index (χ1) is 16.4. The van der Waals surface area contributed by atoms with Gasteiger partial charge in [0.15, 0.2) is 0 Å². The highest BCUT2D eigenvalue weighted by Crippen LogP contribution is 2.35. The van der Waals surface area contributed by atoms with Crippen LogP contribution in [-0.4, -0.2) is 37.5 Å². The number of hydrogen-bond donors (Lipinski definition) is 1. The van der Waals surface area contributed by atoms with E-state index in [0.717, 1.165) is 11.1 Å².